The maximum Gasteiger partial charge on any atom is 0.0666 e. The number of anilines is 2. The standard InChI is InChI=1S/C12H19ClN2O/c1-8(2)12(7-16-3)15-11-5-4-9(13)6-10(11)14/h4-6,8,12,15H,7,14H2,1-3H3. The van der Waals surface area contributed by atoms with Crippen LogP contribution >= 0.6 is 11.6 Å². The molecule has 1 unspecified atom stereocenters. The van der Waals surface area contributed by atoms with E-state index in [0.29, 0.717) is 23.2 Å². The Morgan fingerprint density at radius 1 is 1.44 bits per heavy atom. The van der Waals surface area contributed by atoms with Crippen molar-refractivity contribution in [3.05, 3.63) is 23.2 Å². The Kier molecular flexibility index (Phi) is 4.90. The lowest BCUT2D eigenvalue weighted by molar-refractivity contribution is 0.171. The summed E-state index contributed by atoms with van der Waals surface area (Å²) >= 11 is 5.84. The van der Waals surface area contributed by atoms with Crippen molar-refractivity contribution in [1.82, 2.24) is 0 Å². The zero-order chi connectivity index (χ0) is 12.1. The molecule has 0 aromatic heterocycles. The molecule has 3 nitrogen and oxygen atoms in total. The van der Waals surface area contributed by atoms with Gasteiger partial charge in [0.25, 0.3) is 0 Å². The molecule has 16 heavy (non-hydrogen) atoms. The van der Waals surface area contributed by atoms with Gasteiger partial charge in [-0.3, -0.25) is 0 Å². The third kappa shape index (κ3) is 3.58. The number of hydrogen-bond donors (Lipinski definition) is 2. The quantitative estimate of drug-likeness (QED) is 0.781. The Morgan fingerprint density at radius 3 is 2.62 bits per heavy atom. The van der Waals surface area contributed by atoms with E-state index in [1.165, 1.54) is 0 Å². The molecule has 0 fully saturated rings. The van der Waals surface area contributed by atoms with Gasteiger partial charge >= 0.3 is 0 Å². The molecule has 0 aliphatic rings. The topological polar surface area (TPSA) is 47.3 Å². The maximum atomic E-state index is 5.88. The lowest BCUT2D eigenvalue weighted by Gasteiger charge is -2.23. The molecule has 0 saturated carbocycles. The molecule has 1 aromatic rings. The third-order valence-corrected chi connectivity index (χ3v) is 2.74. The average molecular weight is 243 g/mol. The van der Waals surface area contributed by atoms with Gasteiger partial charge in [0, 0.05) is 12.1 Å². The highest BCUT2D eigenvalue weighted by Gasteiger charge is 2.13. The molecule has 0 saturated heterocycles. The largest absolute Gasteiger partial charge is 0.397 e. The van der Waals surface area contributed by atoms with Gasteiger partial charge in [0.15, 0.2) is 0 Å². The number of ether oxygens (including phenoxy) is 1. The van der Waals surface area contributed by atoms with Gasteiger partial charge in [0.1, 0.15) is 0 Å². The summed E-state index contributed by atoms with van der Waals surface area (Å²) in [4.78, 5) is 0. The lowest BCUT2D eigenvalue weighted by Crippen LogP contribution is -2.30. The molecule has 1 aromatic carbocycles. The summed E-state index contributed by atoms with van der Waals surface area (Å²) in [6, 6.07) is 5.70. The molecule has 3 N–H and O–H groups in total. The van der Waals surface area contributed by atoms with Crippen molar-refractivity contribution in [2.45, 2.75) is 19.9 Å². The van der Waals surface area contributed by atoms with Crippen molar-refractivity contribution in [2.75, 3.05) is 24.8 Å². The Bertz CT molecular complexity index is 342. The molecule has 90 valence electrons. The molecule has 1 rings (SSSR count). The first-order valence-corrected chi connectivity index (χ1v) is 5.73. The second kappa shape index (κ2) is 5.97. The molecule has 4 heteroatoms. The van der Waals surface area contributed by atoms with Crippen LogP contribution in [0.3, 0.4) is 0 Å². The van der Waals surface area contributed by atoms with Gasteiger partial charge in [-0.2, -0.15) is 0 Å². The van der Waals surface area contributed by atoms with Crippen molar-refractivity contribution in [3.8, 4) is 0 Å². The van der Waals surface area contributed by atoms with E-state index < -0.39 is 0 Å². The van der Waals surface area contributed by atoms with Gasteiger partial charge in [-0.15, -0.1) is 0 Å². The SMILES string of the molecule is COCC(Nc1ccc(Cl)cc1N)C(C)C. The first-order valence-electron chi connectivity index (χ1n) is 5.35. The number of methoxy groups -OCH3 is 1. The highest BCUT2D eigenvalue weighted by Crippen LogP contribution is 2.24. The molecule has 0 aliphatic heterocycles. The zero-order valence-electron chi connectivity index (χ0n) is 9.96. The number of rotatable bonds is 5. The smallest absolute Gasteiger partial charge is 0.0666 e. The van der Waals surface area contributed by atoms with E-state index in [0.717, 1.165) is 5.69 Å². The summed E-state index contributed by atoms with van der Waals surface area (Å²) in [5.41, 5.74) is 7.44. The van der Waals surface area contributed by atoms with E-state index in [1.54, 1.807) is 13.2 Å². The van der Waals surface area contributed by atoms with Crippen LogP contribution < -0.4 is 11.1 Å². The fraction of sp³-hybridized carbons (Fsp3) is 0.500. The molecular formula is C12H19ClN2O. The summed E-state index contributed by atoms with van der Waals surface area (Å²) < 4.78 is 5.17. The van der Waals surface area contributed by atoms with Crippen LogP contribution in [-0.2, 0) is 4.74 Å². The van der Waals surface area contributed by atoms with E-state index in [4.69, 9.17) is 22.1 Å². The van der Waals surface area contributed by atoms with E-state index in [2.05, 4.69) is 19.2 Å². The van der Waals surface area contributed by atoms with Crippen LogP contribution in [0.1, 0.15) is 13.8 Å². The van der Waals surface area contributed by atoms with Crippen LogP contribution in [0.2, 0.25) is 5.02 Å². The third-order valence-electron chi connectivity index (χ3n) is 2.51. The van der Waals surface area contributed by atoms with Crippen LogP contribution in [-0.4, -0.2) is 19.8 Å². The van der Waals surface area contributed by atoms with Gasteiger partial charge in [0.05, 0.1) is 24.0 Å². The number of nitrogens with two attached hydrogens (primary N) is 1. The minimum atomic E-state index is 0.244. The number of benzene rings is 1. The number of hydrogen-bond acceptors (Lipinski definition) is 3. The maximum absolute atomic E-state index is 5.88. The second-order valence-corrected chi connectivity index (χ2v) is 4.62. The van der Waals surface area contributed by atoms with Crippen LogP contribution in [0.25, 0.3) is 0 Å². The summed E-state index contributed by atoms with van der Waals surface area (Å²) in [6.07, 6.45) is 0. The highest BCUT2D eigenvalue weighted by atomic mass is 35.5. The minimum Gasteiger partial charge on any atom is -0.397 e. The summed E-state index contributed by atoms with van der Waals surface area (Å²) in [5, 5.41) is 4.02. The summed E-state index contributed by atoms with van der Waals surface area (Å²) in [6.45, 7) is 4.94. The van der Waals surface area contributed by atoms with Gasteiger partial charge in [-0.25, -0.2) is 0 Å². The fourth-order valence-corrected chi connectivity index (χ4v) is 1.63. The molecule has 0 aliphatic carbocycles. The molecule has 0 heterocycles. The van der Waals surface area contributed by atoms with E-state index in [9.17, 15) is 0 Å². The van der Waals surface area contributed by atoms with E-state index in [-0.39, 0.29) is 6.04 Å². The normalized spacial score (nSPS) is 12.8. The predicted molar refractivity (Wildman–Crippen MR) is 70.0 cm³/mol. The summed E-state index contributed by atoms with van der Waals surface area (Å²) in [7, 11) is 1.70. The van der Waals surface area contributed by atoms with Crippen LogP contribution in [0.4, 0.5) is 11.4 Å². The van der Waals surface area contributed by atoms with E-state index >= 15 is 0 Å². The Hall–Kier alpha value is -0.930. The zero-order valence-corrected chi connectivity index (χ0v) is 10.7. The molecule has 1 atom stereocenters. The molecule has 0 amide bonds. The van der Waals surface area contributed by atoms with Gasteiger partial charge in [-0.05, 0) is 24.1 Å². The van der Waals surface area contributed by atoms with Crippen LogP contribution in [0, 0.1) is 5.92 Å². The van der Waals surface area contributed by atoms with Crippen molar-refractivity contribution in [1.29, 1.82) is 0 Å². The molecule has 0 bridgehead atoms. The predicted octanol–water partition coefficient (Wildman–Crippen LogP) is 3.01. The van der Waals surface area contributed by atoms with Crippen LogP contribution in [0.15, 0.2) is 18.2 Å². The van der Waals surface area contributed by atoms with Crippen molar-refractivity contribution in [3.63, 3.8) is 0 Å². The second-order valence-electron chi connectivity index (χ2n) is 4.18. The molecule has 0 radical (unpaired) electrons. The van der Waals surface area contributed by atoms with Crippen LogP contribution in [0.5, 0.6) is 0 Å². The van der Waals surface area contributed by atoms with Gasteiger partial charge < -0.3 is 15.8 Å². The van der Waals surface area contributed by atoms with Crippen molar-refractivity contribution in [2.24, 2.45) is 5.92 Å². The molecular weight excluding hydrogens is 224 g/mol. The first-order chi connectivity index (χ1) is 7.54. The molecule has 0 spiro atoms. The number of nitrogen functional groups attached to an aromatic ring is 1. The number of nitrogens with one attached hydrogen (secondary N) is 1. The average Bonchev–Trinajstić information content (AvgIpc) is 2.20. The fourth-order valence-electron chi connectivity index (χ4n) is 1.45. The van der Waals surface area contributed by atoms with E-state index in [1.807, 2.05) is 12.1 Å². The monoisotopic (exact) mass is 242 g/mol. The first kappa shape index (κ1) is 13.1. The minimum absolute atomic E-state index is 0.244. The Balaban J connectivity index is 2.77. The van der Waals surface area contributed by atoms with Gasteiger partial charge in [0.2, 0.25) is 0 Å². The van der Waals surface area contributed by atoms with Crippen molar-refractivity contribution >= 4 is 23.0 Å². The van der Waals surface area contributed by atoms with Gasteiger partial charge in [-0.1, -0.05) is 25.4 Å². The Labute approximate surface area is 102 Å². The number of halogens is 1. The summed E-state index contributed by atoms with van der Waals surface area (Å²) in [5.74, 6) is 0.468. The lowest BCUT2D eigenvalue weighted by atomic mass is 10.0. The highest BCUT2D eigenvalue weighted by molar-refractivity contribution is 6.31. The van der Waals surface area contributed by atoms with Crippen molar-refractivity contribution < 1.29 is 4.74 Å². The Morgan fingerprint density at radius 2 is 2.12 bits per heavy atom.